The van der Waals surface area contributed by atoms with Crippen molar-refractivity contribution in [3.63, 3.8) is 0 Å². The second-order valence-electron chi connectivity index (χ2n) is 7.20. The van der Waals surface area contributed by atoms with Crippen LogP contribution in [-0.4, -0.2) is 65.3 Å². The Morgan fingerprint density at radius 2 is 2.00 bits per heavy atom. The highest BCUT2D eigenvalue weighted by Gasteiger charge is 2.28. The molecule has 1 fully saturated rings. The molecule has 2 amide bonds. The standard InChI is InChI=1S/C20H24ClN5O2/c1-13-17(20(28)24-16-6-4-15(21)5-7-16)10-22-19(23-13)14-8-9-26(11-14)12-18(27)25(2)3/h4-7,10,14H,8-9,11-12H2,1-3H3,(H,24,28)/t14-/m0/s1. The topological polar surface area (TPSA) is 78.4 Å². The number of aromatic nitrogens is 2. The molecule has 1 saturated heterocycles. The maximum atomic E-state index is 12.5. The number of anilines is 1. The smallest absolute Gasteiger partial charge is 0.259 e. The first kappa shape index (κ1) is 20.2. The molecule has 3 rings (SSSR count). The number of hydrogen-bond acceptors (Lipinski definition) is 5. The van der Waals surface area contributed by atoms with Gasteiger partial charge in [0, 0.05) is 43.5 Å². The Labute approximate surface area is 169 Å². The highest BCUT2D eigenvalue weighted by atomic mass is 35.5. The van der Waals surface area contributed by atoms with Gasteiger partial charge in [-0.2, -0.15) is 0 Å². The first-order valence-electron chi connectivity index (χ1n) is 9.16. The molecule has 1 aromatic heterocycles. The Morgan fingerprint density at radius 1 is 1.29 bits per heavy atom. The maximum Gasteiger partial charge on any atom is 0.259 e. The fraction of sp³-hybridized carbons (Fsp3) is 0.400. The summed E-state index contributed by atoms with van der Waals surface area (Å²) in [6, 6.07) is 6.92. The van der Waals surface area contributed by atoms with Crippen LogP contribution in [0.5, 0.6) is 0 Å². The quantitative estimate of drug-likeness (QED) is 0.833. The number of benzene rings is 1. The van der Waals surface area contributed by atoms with Gasteiger partial charge in [-0.3, -0.25) is 14.5 Å². The molecule has 1 N–H and O–H groups in total. The predicted octanol–water partition coefficient (Wildman–Crippen LogP) is 2.57. The third-order valence-electron chi connectivity index (χ3n) is 4.84. The number of carbonyl (C=O) groups excluding carboxylic acids is 2. The van der Waals surface area contributed by atoms with Gasteiger partial charge in [-0.1, -0.05) is 11.6 Å². The van der Waals surface area contributed by atoms with Gasteiger partial charge in [0.2, 0.25) is 5.91 Å². The monoisotopic (exact) mass is 401 g/mol. The fourth-order valence-electron chi connectivity index (χ4n) is 3.16. The molecule has 1 aliphatic rings. The summed E-state index contributed by atoms with van der Waals surface area (Å²) >= 11 is 5.87. The highest BCUT2D eigenvalue weighted by molar-refractivity contribution is 6.30. The summed E-state index contributed by atoms with van der Waals surface area (Å²) in [5.41, 5.74) is 1.74. The van der Waals surface area contributed by atoms with Crippen LogP contribution in [0.15, 0.2) is 30.5 Å². The van der Waals surface area contributed by atoms with Crippen molar-refractivity contribution in [2.75, 3.05) is 39.0 Å². The number of aryl methyl sites for hydroxylation is 1. The zero-order chi connectivity index (χ0) is 20.3. The molecule has 0 spiro atoms. The molecule has 2 aromatic rings. The Kier molecular flexibility index (Phi) is 6.26. The average molecular weight is 402 g/mol. The molecule has 0 saturated carbocycles. The molecule has 148 valence electrons. The number of halogens is 1. The minimum absolute atomic E-state index is 0.0898. The molecule has 0 bridgehead atoms. The summed E-state index contributed by atoms with van der Waals surface area (Å²) in [5.74, 6) is 0.727. The van der Waals surface area contributed by atoms with Crippen LogP contribution in [0.2, 0.25) is 5.02 Å². The molecule has 0 radical (unpaired) electrons. The van der Waals surface area contributed by atoms with Crippen LogP contribution in [-0.2, 0) is 4.79 Å². The zero-order valence-corrected chi connectivity index (χ0v) is 17.0. The van der Waals surface area contributed by atoms with E-state index in [9.17, 15) is 9.59 Å². The van der Waals surface area contributed by atoms with Crippen LogP contribution >= 0.6 is 11.6 Å². The number of hydrogen-bond donors (Lipinski definition) is 1. The van der Waals surface area contributed by atoms with E-state index in [0.29, 0.717) is 28.5 Å². The van der Waals surface area contributed by atoms with Crippen molar-refractivity contribution < 1.29 is 9.59 Å². The highest BCUT2D eigenvalue weighted by Crippen LogP contribution is 2.25. The molecule has 7 nitrogen and oxygen atoms in total. The number of carbonyl (C=O) groups is 2. The first-order valence-corrected chi connectivity index (χ1v) is 9.54. The van der Waals surface area contributed by atoms with E-state index in [1.807, 2.05) is 6.92 Å². The molecular weight excluding hydrogens is 378 g/mol. The third-order valence-corrected chi connectivity index (χ3v) is 5.09. The van der Waals surface area contributed by atoms with E-state index < -0.39 is 0 Å². The van der Waals surface area contributed by atoms with E-state index in [0.717, 1.165) is 25.3 Å². The van der Waals surface area contributed by atoms with E-state index in [2.05, 4.69) is 20.2 Å². The minimum Gasteiger partial charge on any atom is -0.348 e. The first-order chi connectivity index (χ1) is 13.3. The van der Waals surface area contributed by atoms with Crippen LogP contribution in [0.1, 0.15) is 34.2 Å². The van der Waals surface area contributed by atoms with E-state index in [4.69, 9.17) is 11.6 Å². The number of rotatable bonds is 5. The second kappa shape index (κ2) is 8.67. The summed E-state index contributed by atoms with van der Waals surface area (Å²) in [4.78, 5) is 37.1. The van der Waals surface area contributed by atoms with E-state index in [1.54, 1.807) is 49.5 Å². The van der Waals surface area contributed by atoms with Crippen molar-refractivity contribution in [2.24, 2.45) is 0 Å². The number of nitrogens with zero attached hydrogens (tertiary/aromatic N) is 4. The molecule has 1 aliphatic heterocycles. The number of likely N-dealkylation sites (N-methyl/N-ethyl adjacent to an activating group) is 1. The summed E-state index contributed by atoms with van der Waals surface area (Å²) < 4.78 is 0. The largest absolute Gasteiger partial charge is 0.348 e. The van der Waals surface area contributed by atoms with Crippen molar-refractivity contribution in [3.8, 4) is 0 Å². The van der Waals surface area contributed by atoms with Gasteiger partial charge in [0.15, 0.2) is 0 Å². The molecule has 28 heavy (non-hydrogen) atoms. The lowest BCUT2D eigenvalue weighted by atomic mass is 10.1. The summed E-state index contributed by atoms with van der Waals surface area (Å²) in [5, 5.41) is 3.44. The Bertz CT molecular complexity index is 869. The normalized spacial score (nSPS) is 16.8. The summed E-state index contributed by atoms with van der Waals surface area (Å²) in [6.07, 6.45) is 2.48. The molecule has 0 unspecified atom stereocenters. The Hall–Kier alpha value is -2.51. The van der Waals surface area contributed by atoms with Gasteiger partial charge in [-0.05, 0) is 44.2 Å². The van der Waals surface area contributed by atoms with Crippen LogP contribution in [0.3, 0.4) is 0 Å². The van der Waals surface area contributed by atoms with E-state index in [1.165, 1.54) is 0 Å². The minimum atomic E-state index is -0.254. The Morgan fingerprint density at radius 3 is 2.64 bits per heavy atom. The van der Waals surface area contributed by atoms with Gasteiger partial charge in [-0.15, -0.1) is 0 Å². The van der Waals surface area contributed by atoms with Gasteiger partial charge >= 0.3 is 0 Å². The van der Waals surface area contributed by atoms with Gasteiger partial charge in [0.05, 0.1) is 17.8 Å². The van der Waals surface area contributed by atoms with Crippen LogP contribution in [0.4, 0.5) is 5.69 Å². The SMILES string of the molecule is Cc1nc([C@H]2CCN(CC(=O)N(C)C)C2)ncc1C(=O)Nc1ccc(Cl)cc1. The lowest BCUT2D eigenvalue weighted by Crippen LogP contribution is -2.35. The molecular formula is C20H24ClN5O2. The summed E-state index contributed by atoms with van der Waals surface area (Å²) in [7, 11) is 3.52. The molecule has 2 heterocycles. The summed E-state index contributed by atoms with van der Waals surface area (Å²) in [6.45, 7) is 3.80. The predicted molar refractivity (Wildman–Crippen MR) is 109 cm³/mol. The van der Waals surface area contributed by atoms with Crippen LogP contribution < -0.4 is 5.32 Å². The van der Waals surface area contributed by atoms with Crippen molar-refractivity contribution in [3.05, 3.63) is 52.6 Å². The second-order valence-corrected chi connectivity index (χ2v) is 7.63. The zero-order valence-electron chi connectivity index (χ0n) is 16.3. The van der Waals surface area contributed by atoms with Gasteiger partial charge in [0.25, 0.3) is 5.91 Å². The van der Waals surface area contributed by atoms with Crippen molar-refractivity contribution >= 4 is 29.1 Å². The number of nitrogens with one attached hydrogen (secondary N) is 1. The molecule has 0 aliphatic carbocycles. The third kappa shape index (κ3) is 4.85. The van der Waals surface area contributed by atoms with Gasteiger partial charge in [0.1, 0.15) is 5.82 Å². The molecule has 1 aromatic carbocycles. The molecule has 1 atom stereocenters. The van der Waals surface area contributed by atoms with Crippen molar-refractivity contribution in [2.45, 2.75) is 19.3 Å². The number of likely N-dealkylation sites (tertiary alicyclic amines) is 1. The van der Waals surface area contributed by atoms with Crippen molar-refractivity contribution in [1.29, 1.82) is 0 Å². The van der Waals surface area contributed by atoms with Gasteiger partial charge in [-0.25, -0.2) is 9.97 Å². The van der Waals surface area contributed by atoms with Crippen LogP contribution in [0.25, 0.3) is 0 Å². The van der Waals surface area contributed by atoms with E-state index in [-0.39, 0.29) is 17.7 Å². The number of amides is 2. The maximum absolute atomic E-state index is 12.5. The van der Waals surface area contributed by atoms with E-state index >= 15 is 0 Å². The lowest BCUT2D eigenvalue weighted by molar-refractivity contribution is -0.129. The van der Waals surface area contributed by atoms with Crippen molar-refractivity contribution in [1.82, 2.24) is 19.8 Å². The van der Waals surface area contributed by atoms with Crippen LogP contribution in [0, 0.1) is 6.92 Å². The fourth-order valence-corrected chi connectivity index (χ4v) is 3.28. The lowest BCUT2D eigenvalue weighted by Gasteiger charge is -2.18. The Balaban J connectivity index is 1.64. The average Bonchev–Trinajstić information content (AvgIpc) is 3.11. The molecule has 8 heteroatoms. The van der Waals surface area contributed by atoms with Gasteiger partial charge < -0.3 is 10.2 Å².